The molecule has 3 heteroatoms. The Bertz CT molecular complexity index is 2570. The topological polar surface area (TPSA) is 31.0 Å². The lowest BCUT2D eigenvalue weighted by Crippen LogP contribution is -2.12. The van der Waals surface area contributed by atoms with Crippen LogP contribution in [-0.2, 0) is 5.41 Å². The van der Waals surface area contributed by atoms with Crippen molar-refractivity contribution in [1.82, 2.24) is 9.55 Å². The fourth-order valence-corrected chi connectivity index (χ4v) is 8.03. The Kier molecular flexibility index (Phi) is 8.21. The van der Waals surface area contributed by atoms with Crippen molar-refractivity contribution in [2.24, 2.45) is 0 Å². The molecule has 52 heavy (non-hydrogen) atoms. The number of nitrogens with zero attached hydrogens (tertiary/aromatic N) is 2. The van der Waals surface area contributed by atoms with Crippen LogP contribution in [-0.4, -0.2) is 9.55 Å². The number of aryl methyl sites for hydroxylation is 2. The Labute approximate surface area is 308 Å². The Balaban J connectivity index is 1.39. The van der Waals surface area contributed by atoms with Gasteiger partial charge < -0.3 is 4.42 Å². The highest BCUT2D eigenvalue weighted by Crippen LogP contribution is 2.44. The molecular weight excluding hydrogens is 633 g/mol. The summed E-state index contributed by atoms with van der Waals surface area (Å²) in [4.78, 5) is 5.39. The lowest BCUT2D eigenvalue weighted by Gasteiger charge is -2.26. The molecule has 0 bridgehead atoms. The molecule has 3 nitrogen and oxygen atoms in total. The summed E-state index contributed by atoms with van der Waals surface area (Å²) in [6, 6.07) is 41.7. The predicted octanol–water partition coefficient (Wildman–Crippen LogP) is 14.1. The summed E-state index contributed by atoms with van der Waals surface area (Å²) < 4.78 is 9.25. The second-order valence-electron chi connectivity index (χ2n) is 16.2. The Morgan fingerprint density at radius 2 is 1.27 bits per heavy atom. The average molecular weight is 681 g/mol. The van der Waals surface area contributed by atoms with Crippen LogP contribution in [0.4, 0.5) is 0 Å². The standard InChI is InChI=1S/C49H48N2O/c1-29(2)40-26-35(45-31(5)24-36(25-32(45)6)49(7,8)9)27-41(30(3)4)46(40)51-43-21-14-13-20-42(43)50-48(51)39-19-15-18-38-37-23-22-34(28-44(37)52-47(38)39)33-16-11-10-12-17-33/h10-30H,1-9H3. The summed E-state index contributed by atoms with van der Waals surface area (Å²) in [7, 11) is 0. The SMILES string of the molecule is Cc1cc(C(C)(C)C)cc(C)c1-c1cc(C(C)C)c(-n2c(-c3cccc4c3oc3cc(-c5ccccc5)ccc34)nc3ccccc32)c(C(C)C)c1. The Morgan fingerprint density at radius 1 is 0.615 bits per heavy atom. The molecule has 0 saturated heterocycles. The Morgan fingerprint density at radius 3 is 1.92 bits per heavy atom. The molecule has 2 aromatic heterocycles. The van der Waals surface area contributed by atoms with E-state index in [1.807, 2.05) is 0 Å². The highest BCUT2D eigenvalue weighted by Gasteiger charge is 2.26. The number of hydrogen-bond acceptors (Lipinski definition) is 2. The van der Waals surface area contributed by atoms with Gasteiger partial charge in [-0.05, 0) is 124 Å². The molecule has 0 N–H and O–H groups in total. The number of imidazole rings is 1. The van der Waals surface area contributed by atoms with Crippen molar-refractivity contribution in [2.45, 2.75) is 79.6 Å². The first-order chi connectivity index (χ1) is 24.9. The van der Waals surface area contributed by atoms with E-state index in [4.69, 9.17) is 9.40 Å². The van der Waals surface area contributed by atoms with Crippen molar-refractivity contribution in [2.75, 3.05) is 0 Å². The molecule has 0 spiro atoms. The zero-order chi connectivity index (χ0) is 36.5. The van der Waals surface area contributed by atoms with E-state index in [1.165, 1.54) is 50.2 Å². The van der Waals surface area contributed by atoms with Gasteiger partial charge in [0, 0.05) is 10.8 Å². The van der Waals surface area contributed by atoms with Gasteiger partial charge in [0.15, 0.2) is 0 Å². The summed E-state index contributed by atoms with van der Waals surface area (Å²) in [5.74, 6) is 1.44. The van der Waals surface area contributed by atoms with Crippen molar-refractivity contribution in [3.63, 3.8) is 0 Å². The van der Waals surface area contributed by atoms with Gasteiger partial charge in [-0.25, -0.2) is 4.98 Å². The van der Waals surface area contributed by atoms with E-state index >= 15 is 0 Å². The van der Waals surface area contributed by atoms with Crippen LogP contribution in [0.15, 0.2) is 120 Å². The van der Waals surface area contributed by atoms with E-state index in [1.54, 1.807) is 0 Å². The third-order valence-corrected chi connectivity index (χ3v) is 10.7. The highest BCUT2D eigenvalue weighted by atomic mass is 16.3. The van der Waals surface area contributed by atoms with Crippen molar-refractivity contribution < 1.29 is 4.42 Å². The predicted molar refractivity (Wildman–Crippen MR) is 221 cm³/mol. The van der Waals surface area contributed by atoms with Gasteiger partial charge in [-0.1, -0.05) is 121 Å². The van der Waals surface area contributed by atoms with Gasteiger partial charge in [0.25, 0.3) is 0 Å². The number of fused-ring (bicyclic) bond motifs is 4. The molecule has 0 amide bonds. The third-order valence-electron chi connectivity index (χ3n) is 10.7. The van der Waals surface area contributed by atoms with Crippen LogP contribution < -0.4 is 0 Å². The fourth-order valence-electron chi connectivity index (χ4n) is 8.03. The summed E-state index contributed by atoms with van der Waals surface area (Å²) >= 11 is 0. The largest absolute Gasteiger partial charge is 0.455 e. The minimum atomic E-state index is 0.0931. The molecule has 8 aromatic rings. The molecule has 0 aliphatic heterocycles. The summed E-state index contributed by atoms with van der Waals surface area (Å²) in [6.45, 7) is 20.7. The average Bonchev–Trinajstić information content (AvgIpc) is 3.69. The zero-order valence-corrected chi connectivity index (χ0v) is 31.9. The molecule has 260 valence electrons. The van der Waals surface area contributed by atoms with Crippen LogP contribution in [0.3, 0.4) is 0 Å². The van der Waals surface area contributed by atoms with Crippen LogP contribution in [0, 0.1) is 13.8 Å². The first-order valence-electron chi connectivity index (χ1n) is 18.7. The maximum atomic E-state index is 6.83. The minimum absolute atomic E-state index is 0.0931. The van der Waals surface area contributed by atoms with E-state index in [0.29, 0.717) is 0 Å². The molecule has 0 aliphatic carbocycles. The first-order valence-corrected chi connectivity index (χ1v) is 18.7. The molecule has 8 rings (SSSR count). The fraction of sp³-hybridized carbons (Fsp3) is 0.245. The van der Waals surface area contributed by atoms with E-state index in [-0.39, 0.29) is 17.3 Å². The second kappa shape index (κ2) is 12.7. The first kappa shape index (κ1) is 33.7. The molecule has 0 saturated carbocycles. The minimum Gasteiger partial charge on any atom is -0.455 e. The van der Waals surface area contributed by atoms with E-state index in [0.717, 1.165) is 49.9 Å². The van der Waals surface area contributed by atoms with Gasteiger partial charge in [0.05, 0.1) is 22.3 Å². The lowest BCUT2D eigenvalue weighted by atomic mass is 9.81. The summed E-state index contributed by atoms with van der Waals surface area (Å²) in [5.41, 5.74) is 17.7. The molecule has 2 heterocycles. The maximum absolute atomic E-state index is 6.83. The van der Waals surface area contributed by atoms with Crippen molar-refractivity contribution in [1.29, 1.82) is 0 Å². The third kappa shape index (κ3) is 5.64. The monoisotopic (exact) mass is 680 g/mol. The molecular formula is C49H48N2O. The molecule has 0 radical (unpaired) electrons. The van der Waals surface area contributed by atoms with Crippen LogP contribution in [0.2, 0.25) is 0 Å². The van der Waals surface area contributed by atoms with Gasteiger partial charge in [-0.15, -0.1) is 0 Å². The molecule has 0 aliphatic rings. The number of benzene rings is 6. The van der Waals surface area contributed by atoms with Gasteiger partial charge in [0.1, 0.15) is 17.0 Å². The zero-order valence-electron chi connectivity index (χ0n) is 31.9. The van der Waals surface area contributed by atoms with Gasteiger partial charge in [-0.2, -0.15) is 0 Å². The number of furan rings is 1. The quantitative estimate of drug-likeness (QED) is 0.175. The normalized spacial score (nSPS) is 12.3. The summed E-state index contributed by atoms with van der Waals surface area (Å²) in [5, 5.41) is 2.20. The van der Waals surface area contributed by atoms with Gasteiger partial charge in [-0.3, -0.25) is 4.57 Å². The highest BCUT2D eigenvalue weighted by molar-refractivity contribution is 6.10. The van der Waals surface area contributed by atoms with Crippen molar-refractivity contribution in [3.05, 3.63) is 143 Å². The smallest absolute Gasteiger partial charge is 0.149 e. The lowest BCUT2D eigenvalue weighted by molar-refractivity contribution is 0.589. The van der Waals surface area contributed by atoms with Crippen molar-refractivity contribution in [3.8, 4) is 39.3 Å². The maximum Gasteiger partial charge on any atom is 0.149 e. The van der Waals surface area contributed by atoms with Gasteiger partial charge >= 0.3 is 0 Å². The summed E-state index contributed by atoms with van der Waals surface area (Å²) in [6.07, 6.45) is 0. The van der Waals surface area contributed by atoms with E-state index < -0.39 is 0 Å². The number of aromatic nitrogens is 2. The molecule has 6 aromatic carbocycles. The second-order valence-corrected chi connectivity index (χ2v) is 16.2. The molecule has 0 fully saturated rings. The van der Waals surface area contributed by atoms with E-state index in [2.05, 4.69) is 182 Å². The van der Waals surface area contributed by atoms with Crippen LogP contribution in [0.5, 0.6) is 0 Å². The van der Waals surface area contributed by atoms with Crippen molar-refractivity contribution >= 4 is 33.0 Å². The number of rotatable bonds is 6. The number of para-hydroxylation sites is 3. The van der Waals surface area contributed by atoms with Gasteiger partial charge in [0.2, 0.25) is 0 Å². The molecule has 0 unspecified atom stereocenters. The van der Waals surface area contributed by atoms with Crippen LogP contribution in [0.1, 0.15) is 88.1 Å². The van der Waals surface area contributed by atoms with Crippen LogP contribution >= 0.6 is 0 Å². The Hall–Kier alpha value is -5.41. The molecule has 0 atom stereocenters. The van der Waals surface area contributed by atoms with E-state index in [9.17, 15) is 0 Å². The number of hydrogen-bond donors (Lipinski definition) is 0. The van der Waals surface area contributed by atoms with Crippen LogP contribution in [0.25, 0.3) is 72.3 Å².